The molecule has 1 amide bonds. The molecule has 0 saturated carbocycles. The Bertz CT molecular complexity index is 565. The summed E-state index contributed by atoms with van der Waals surface area (Å²) in [7, 11) is 0. The summed E-state index contributed by atoms with van der Waals surface area (Å²) in [5.74, 6) is 0. The summed E-state index contributed by atoms with van der Waals surface area (Å²) in [5, 5.41) is 3.81. The Morgan fingerprint density at radius 3 is 1.95 bits per heavy atom. The molecule has 1 aliphatic rings. The molecule has 0 atom stereocenters. The monoisotopic (exact) mass is 281 g/mol. The second-order valence-corrected chi connectivity index (χ2v) is 5.06. The average molecular weight is 281 g/mol. The van der Waals surface area contributed by atoms with E-state index in [4.69, 9.17) is 0 Å². The maximum absolute atomic E-state index is 11.4. The first-order chi connectivity index (χ1) is 10.4. The number of nitrogens with zero attached hydrogens (tertiary/aromatic N) is 3. The fourth-order valence-electron chi connectivity index (χ4n) is 2.68. The molecule has 0 unspecified atom stereocenters. The molecule has 0 aliphatic carbocycles. The Kier molecular flexibility index (Phi) is 4.17. The number of anilines is 2. The van der Waals surface area contributed by atoms with E-state index in [1.165, 1.54) is 5.69 Å². The first-order valence-electron chi connectivity index (χ1n) is 7.23. The van der Waals surface area contributed by atoms with E-state index in [2.05, 4.69) is 34.2 Å². The number of rotatable bonds is 4. The van der Waals surface area contributed by atoms with Crippen molar-refractivity contribution in [1.29, 1.82) is 0 Å². The van der Waals surface area contributed by atoms with Gasteiger partial charge in [-0.2, -0.15) is 0 Å². The van der Waals surface area contributed by atoms with E-state index in [1.807, 2.05) is 36.4 Å². The average Bonchev–Trinajstić information content (AvgIpc) is 2.58. The summed E-state index contributed by atoms with van der Waals surface area (Å²) >= 11 is 0. The van der Waals surface area contributed by atoms with Crippen molar-refractivity contribution in [3.05, 3.63) is 60.7 Å². The van der Waals surface area contributed by atoms with E-state index in [-0.39, 0.29) is 0 Å². The minimum absolute atomic E-state index is 0.836. The second-order valence-electron chi connectivity index (χ2n) is 5.06. The first-order valence-corrected chi connectivity index (χ1v) is 7.23. The van der Waals surface area contributed by atoms with Crippen LogP contribution in [0.4, 0.5) is 11.4 Å². The highest BCUT2D eigenvalue weighted by Crippen LogP contribution is 2.19. The van der Waals surface area contributed by atoms with Crippen LogP contribution < -0.4 is 9.91 Å². The van der Waals surface area contributed by atoms with Crippen LogP contribution in [0.2, 0.25) is 0 Å². The van der Waals surface area contributed by atoms with Gasteiger partial charge < -0.3 is 4.90 Å². The third-order valence-electron chi connectivity index (χ3n) is 3.80. The van der Waals surface area contributed by atoms with Gasteiger partial charge in [-0.15, -0.1) is 0 Å². The van der Waals surface area contributed by atoms with E-state index in [0.717, 1.165) is 38.3 Å². The van der Waals surface area contributed by atoms with Gasteiger partial charge in [-0.25, -0.2) is 10.0 Å². The smallest absolute Gasteiger partial charge is 0.228 e. The van der Waals surface area contributed by atoms with Crippen LogP contribution in [0.5, 0.6) is 0 Å². The summed E-state index contributed by atoms with van der Waals surface area (Å²) < 4.78 is 0. The number of hydrogen-bond acceptors (Lipinski definition) is 3. The van der Waals surface area contributed by atoms with Gasteiger partial charge in [0.25, 0.3) is 0 Å². The van der Waals surface area contributed by atoms with Gasteiger partial charge in [-0.1, -0.05) is 36.4 Å². The largest absolute Gasteiger partial charge is 0.369 e. The van der Waals surface area contributed by atoms with Gasteiger partial charge in [0, 0.05) is 31.9 Å². The van der Waals surface area contributed by atoms with Crippen molar-refractivity contribution >= 4 is 17.8 Å². The number of carbonyl (C=O) groups excluding carboxylic acids is 1. The third kappa shape index (κ3) is 3.06. The van der Waals surface area contributed by atoms with Crippen LogP contribution in [0, 0.1) is 0 Å². The van der Waals surface area contributed by atoms with Crippen LogP contribution in [0.1, 0.15) is 0 Å². The third-order valence-corrected chi connectivity index (χ3v) is 3.80. The molecular formula is C17H19N3O. The molecule has 2 aromatic carbocycles. The van der Waals surface area contributed by atoms with Crippen LogP contribution in [-0.4, -0.2) is 37.6 Å². The Morgan fingerprint density at radius 1 is 0.810 bits per heavy atom. The molecule has 0 spiro atoms. The van der Waals surface area contributed by atoms with Gasteiger partial charge >= 0.3 is 0 Å². The van der Waals surface area contributed by atoms with E-state index < -0.39 is 0 Å². The Balaban J connectivity index is 1.66. The summed E-state index contributed by atoms with van der Waals surface area (Å²) in [4.78, 5) is 13.8. The number of piperazine rings is 1. The maximum atomic E-state index is 11.4. The normalized spacial score (nSPS) is 15.7. The zero-order valence-corrected chi connectivity index (χ0v) is 11.9. The van der Waals surface area contributed by atoms with Gasteiger partial charge in [-0.3, -0.25) is 4.79 Å². The summed E-state index contributed by atoms with van der Waals surface area (Å²) in [6.45, 7) is 3.51. The number of amides is 1. The molecule has 4 nitrogen and oxygen atoms in total. The zero-order valence-electron chi connectivity index (χ0n) is 11.9. The molecule has 0 aromatic heterocycles. The van der Waals surface area contributed by atoms with Gasteiger partial charge in [0.05, 0.1) is 5.69 Å². The van der Waals surface area contributed by atoms with Crippen LogP contribution >= 0.6 is 0 Å². The quantitative estimate of drug-likeness (QED) is 0.805. The zero-order chi connectivity index (χ0) is 14.5. The molecule has 2 aromatic rings. The molecule has 21 heavy (non-hydrogen) atoms. The van der Waals surface area contributed by atoms with Crippen molar-refractivity contribution in [2.45, 2.75) is 0 Å². The van der Waals surface area contributed by atoms with Crippen LogP contribution in [0.15, 0.2) is 60.7 Å². The molecule has 4 heteroatoms. The van der Waals surface area contributed by atoms with Crippen molar-refractivity contribution in [2.75, 3.05) is 36.1 Å². The minimum atomic E-state index is 0.836. The second kappa shape index (κ2) is 6.41. The summed E-state index contributed by atoms with van der Waals surface area (Å²) in [6, 6.07) is 20.2. The summed E-state index contributed by atoms with van der Waals surface area (Å²) in [5.41, 5.74) is 2.16. The van der Waals surface area contributed by atoms with Gasteiger partial charge in [0.15, 0.2) is 0 Å². The van der Waals surface area contributed by atoms with Crippen molar-refractivity contribution < 1.29 is 4.79 Å². The topological polar surface area (TPSA) is 26.8 Å². The molecule has 3 rings (SSSR count). The molecule has 1 saturated heterocycles. The Hall–Kier alpha value is -2.33. The lowest BCUT2D eigenvalue weighted by Gasteiger charge is -2.40. The van der Waals surface area contributed by atoms with Gasteiger partial charge in [0.2, 0.25) is 6.41 Å². The Labute approximate surface area is 125 Å². The van der Waals surface area contributed by atoms with Gasteiger partial charge in [-0.05, 0) is 24.3 Å². The van der Waals surface area contributed by atoms with Crippen LogP contribution in [-0.2, 0) is 4.79 Å². The first kappa shape index (κ1) is 13.6. The lowest BCUT2D eigenvalue weighted by atomic mass is 10.2. The minimum Gasteiger partial charge on any atom is -0.369 e. The lowest BCUT2D eigenvalue weighted by molar-refractivity contribution is -0.110. The SMILES string of the molecule is O=CN(c1ccccc1)N1CCN(c2ccccc2)CC1. The Morgan fingerprint density at radius 2 is 1.38 bits per heavy atom. The maximum Gasteiger partial charge on any atom is 0.228 e. The number of hydrazine groups is 1. The molecule has 1 heterocycles. The molecule has 1 aliphatic heterocycles. The van der Waals surface area contributed by atoms with Gasteiger partial charge in [0.1, 0.15) is 0 Å². The summed E-state index contributed by atoms with van der Waals surface area (Å²) in [6.07, 6.45) is 0.896. The highest BCUT2D eigenvalue weighted by atomic mass is 16.1. The molecule has 0 bridgehead atoms. The lowest BCUT2D eigenvalue weighted by Crippen LogP contribution is -2.53. The predicted molar refractivity (Wildman–Crippen MR) is 85.2 cm³/mol. The van der Waals surface area contributed by atoms with Crippen molar-refractivity contribution in [1.82, 2.24) is 5.01 Å². The predicted octanol–water partition coefficient (Wildman–Crippen LogP) is 2.39. The van der Waals surface area contributed by atoms with E-state index in [9.17, 15) is 4.79 Å². The van der Waals surface area contributed by atoms with E-state index >= 15 is 0 Å². The number of hydrogen-bond donors (Lipinski definition) is 0. The van der Waals surface area contributed by atoms with Crippen molar-refractivity contribution in [2.24, 2.45) is 0 Å². The highest BCUT2D eigenvalue weighted by Gasteiger charge is 2.22. The number of carbonyl (C=O) groups is 1. The molecular weight excluding hydrogens is 262 g/mol. The van der Waals surface area contributed by atoms with Crippen molar-refractivity contribution in [3.8, 4) is 0 Å². The fraction of sp³-hybridized carbons (Fsp3) is 0.235. The van der Waals surface area contributed by atoms with E-state index in [0.29, 0.717) is 0 Å². The van der Waals surface area contributed by atoms with Crippen molar-refractivity contribution in [3.63, 3.8) is 0 Å². The van der Waals surface area contributed by atoms with Crippen LogP contribution in [0.3, 0.4) is 0 Å². The van der Waals surface area contributed by atoms with E-state index in [1.54, 1.807) is 5.01 Å². The molecule has 0 radical (unpaired) electrons. The standard InChI is InChI=1S/C17H19N3O/c21-15-20(17-9-5-2-6-10-17)19-13-11-18(12-14-19)16-7-3-1-4-8-16/h1-10,15H,11-14H2. The molecule has 0 N–H and O–H groups in total. The highest BCUT2D eigenvalue weighted by molar-refractivity contribution is 5.73. The van der Waals surface area contributed by atoms with Crippen LogP contribution in [0.25, 0.3) is 0 Å². The molecule has 108 valence electrons. The number of para-hydroxylation sites is 2. The number of benzene rings is 2. The molecule has 1 fully saturated rings. The fourth-order valence-corrected chi connectivity index (χ4v) is 2.68.